The van der Waals surface area contributed by atoms with Crippen LogP contribution in [0, 0.1) is 0 Å². The van der Waals surface area contributed by atoms with Crippen molar-refractivity contribution in [3.63, 3.8) is 0 Å². The molecule has 3 aromatic rings. The van der Waals surface area contributed by atoms with Crippen molar-refractivity contribution >= 4 is 11.8 Å². The standard InChI is InChI=1S/C25H27NO2S/c1-27-21-10-8-19(9-11-21)23-16-26-13-12-20-14-24(28-2)25(15-22(20)23)29-17-18-6-4-3-5-7-18/h3-11,14-15,23,26H,12-13,16-17H2,1-2H3. The Bertz CT molecular complexity index is 941. The van der Waals surface area contributed by atoms with Crippen molar-refractivity contribution in [2.45, 2.75) is 23.0 Å². The van der Waals surface area contributed by atoms with Crippen LogP contribution >= 0.6 is 11.8 Å². The molecule has 1 aliphatic rings. The van der Waals surface area contributed by atoms with Gasteiger partial charge in [0.05, 0.1) is 14.2 Å². The zero-order chi connectivity index (χ0) is 20.1. The summed E-state index contributed by atoms with van der Waals surface area (Å²) in [4.78, 5) is 1.20. The summed E-state index contributed by atoms with van der Waals surface area (Å²) in [5.41, 5.74) is 5.40. The summed E-state index contributed by atoms with van der Waals surface area (Å²) >= 11 is 1.84. The molecule has 1 unspecified atom stereocenters. The van der Waals surface area contributed by atoms with E-state index in [0.29, 0.717) is 5.92 Å². The number of ether oxygens (including phenoxy) is 2. The Kier molecular flexibility index (Phi) is 6.43. The monoisotopic (exact) mass is 405 g/mol. The molecule has 0 radical (unpaired) electrons. The second-order valence-corrected chi connectivity index (χ2v) is 8.27. The van der Waals surface area contributed by atoms with Crippen molar-refractivity contribution < 1.29 is 9.47 Å². The Morgan fingerprint density at radius 2 is 1.76 bits per heavy atom. The lowest BCUT2D eigenvalue weighted by atomic mass is 9.88. The molecule has 4 rings (SSSR count). The van der Waals surface area contributed by atoms with E-state index in [1.807, 2.05) is 11.8 Å². The van der Waals surface area contributed by atoms with Gasteiger partial charge in [0.25, 0.3) is 0 Å². The SMILES string of the molecule is COc1ccc(C2CNCCc3cc(OC)c(SCc4ccccc4)cc32)cc1. The Morgan fingerprint density at radius 3 is 2.48 bits per heavy atom. The summed E-state index contributed by atoms with van der Waals surface area (Å²) in [6, 6.07) is 23.6. The quantitative estimate of drug-likeness (QED) is 0.566. The number of hydrogen-bond donors (Lipinski definition) is 1. The molecule has 0 saturated heterocycles. The maximum absolute atomic E-state index is 5.75. The van der Waals surface area contributed by atoms with Crippen LogP contribution in [-0.4, -0.2) is 27.3 Å². The molecule has 3 aromatic carbocycles. The molecule has 0 aliphatic carbocycles. The summed E-state index contributed by atoms with van der Waals surface area (Å²) in [5.74, 6) is 3.12. The summed E-state index contributed by atoms with van der Waals surface area (Å²) in [6.45, 7) is 1.92. The number of fused-ring (bicyclic) bond motifs is 1. The summed E-state index contributed by atoms with van der Waals surface area (Å²) in [7, 11) is 3.48. The number of rotatable bonds is 6. The lowest BCUT2D eigenvalue weighted by molar-refractivity contribution is 0.404. The maximum atomic E-state index is 5.75. The third kappa shape index (κ3) is 4.60. The molecule has 0 spiro atoms. The summed E-state index contributed by atoms with van der Waals surface area (Å²) in [5, 5.41) is 3.61. The number of hydrogen-bond acceptors (Lipinski definition) is 4. The van der Waals surface area contributed by atoms with E-state index >= 15 is 0 Å². The molecule has 150 valence electrons. The molecule has 0 fully saturated rings. The molecule has 0 bridgehead atoms. The molecule has 1 atom stereocenters. The molecular weight excluding hydrogens is 378 g/mol. The highest BCUT2D eigenvalue weighted by molar-refractivity contribution is 7.98. The first-order valence-corrected chi connectivity index (χ1v) is 11.0. The normalized spacial score (nSPS) is 16.0. The van der Waals surface area contributed by atoms with E-state index in [1.54, 1.807) is 14.2 Å². The highest BCUT2D eigenvalue weighted by atomic mass is 32.2. The van der Waals surface area contributed by atoms with Gasteiger partial charge in [0.1, 0.15) is 11.5 Å². The van der Waals surface area contributed by atoms with E-state index in [4.69, 9.17) is 9.47 Å². The third-order valence-corrected chi connectivity index (χ3v) is 6.58. The van der Waals surface area contributed by atoms with Crippen LogP contribution in [0.3, 0.4) is 0 Å². The lowest BCUT2D eigenvalue weighted by Crippen LogP contribution is -2.20. The van der Waals surface area contributed by atoms with E-state index < -0.39 is 0 Å². The van der Waals surface area contributed by atoms with Crippen molar-refractivity contribution in [1.82, 2.24) is 5.32 Å². The van der Waals surface area contributed by atoms with Crippen LogP contribution in [0.15, 0.2) is 71.6 Å². The molecule has 4 heteroatoms. The van der Waals surface area contributed by atoms with Gasteiger partial charge in [-0.2, -0.15) is 0 Å². The van der Waals surface area contributed by atoms with Crippen LogP contribution in [0.2, 0.25) is 0 Å². The number of thioether (sulfide) groups is 1. The van der Waals surface area contributed by atoms with Gasteiger partial charge < -0.3 is 14.8 Å². The fraction of sp³-hybridized carbons (Fsp3) is 0.280. The third-order valence-electron chi connectivity index (χ3n) is 5.48. The van der Waals surface area contributed by atoms with Gasteiger partial charge in [0.2, 0.25) is 0 Å². The zero-order valence-corrected chi connectivity index (χ0v) is 17.8. The van der Waals surface area contributed by atoms with Gasteiger partial charge in [0.15, 0.2) is 0 Å². The highest BCUT2D eigenvalue weighted by Crippen LogP contribution is 2.39. The van der Waals surface area contributed by atoms with Crippen LogP contribution in [0.25, 0.3) is 0 Å². The summed E-state index contributed by atoms with van der Waals surface area (Å²) in [6.07, 6.45) is 1.02. The van der Waals surface area contributed by atoms with Crippen molar-refractivity contribution in [2.75, 3.05) is 27.3 Å². The molecule has 29 heavy (non-hydrogen) atoms. The minimum Gasteiger partial charge on any atom is -0.497 e. The van der Waals surface area contributed by atoms with Gasteiger partial charge in [-0.1, -0.05) is 42.5 Å². The van der Waals surface area contributed by atoms with Gasteiger partial charge in [-0.15, -0.1) is 11.8 Å². The summed E-state index contributed by atoms with van der Waals surface area (Å²) < 4.78 is 11.1. The number of methoxy groups -OCH3 is 2. The fourth-order valence-electron chi connectivity index (χ4n) is 3.88. The van der Waals surface area contributed by atoms with Crippen LogP contribution in [0.4, 0.5) is 0 Å². The second kappa shape index (κ2) is 9.38. The van der Waals surface area contributed by atoms with Gasteiger partial charge in [-0.25, -0.2) is 0 Å². The molecule has 0 aromatic heterocycles. The smallest absolute Gasteiger partial charge is 0.132 e. The Hall–Kier alpha value is -2.43. The first-order chi connectivity index (χ1) is 14.3. The van der Waals surface area contributed by atoms with Crippen molar-refractivity contribution in [1.29, 1.82) is 0 Å². The minimum absolute atomic E-state index is 0.320. The van der Waals surface area contributed by atoms with Crippen LogP contribution in [-0.2, 0) is 12.2 Å². The molecule has 0 saturated carbocycles. The average Bonchev–Trinajstić information content (AvgIpc) is 2.99. The van der Waals surface area contributed by atoms with Crippen LogP contribution < -0.4 is 14.8 Å². The molecule has 1 N–H and O–H groups in total. The minimum atomic E-state index is 0.320. The van der Waals surface area contributed by atoms with E-state index in [-0.39, 0.29) is 0 Å². The van der Waals surface area contributed by atoms with E-state index in [9.17, 15) is 0 Å². The van der Waals surface area contributed by atoms with Gasteiger partial charge in [0, 0.05) is 23.1 Å². The zero-order valence-electron chi connectivity index (χ0n) is 17.0. The van der Waals surface area contributed by atoms with Gasteiger partial charge >= 0.3 is 0 Å². The first kappa shape index (κ1) is 19.9. The number of nitrogens with one attached hydrogen (secondary N) is 1. The van der Waals surface area contributed by atoms with Crippen LogP contribution in [0.5, 0.6) is 11.5 Å². The maximum Gasteiger partial charge on any atom is 0.132 e. The molecule has 3 nitrogen and oxygen atoms in total. The largest absolute Gasteiger partial charge is 0.497 e. The Balaban J connectivity index is 1.68. The lowest BCUT2D eigenvalue weighted by Gasteiger charge is -2.21. The molecule has 1 aliphatic heterocycles. The van der Waals surface area contributed by atoms with Crippen molar-refractivity contribution in [3.05, 3.63) is 89.0 Å². The second-order valence-electron chi connectivity index (χ2n) is 7.26. The van der Waals surface area contributed by atoms with E-state index in [1.165, 1.54) is 27.1 Å². The molecular formula is C25H27NO2S. The first-order valence-electron chi connectivity index (χ1n) is 10.0. The molecule has 1 heterocycles. The topological polar surface area (TPSA) is 30.5 Å². The number of benzene rings is 3. The average molecular weight is 406 g/mol. The Labute approximate surface area is 177 Å². The van der Waals surface area contributed by atoms with E-state index in [0.717, 1.165) is 36.8 Å². The Morgan fingerprint density at radius 1 is 0.966 bits per heavy atom. The highest BCUT2D eigenvalue weighted by Gasteiger charge is 2.23. The molecule has 0 amide bonds. The van der Waals surface area contributed by atoms with Crippen molar-refractivity contribution in [2.24, 2.45) is 0 Å². The fourth-order valence-corrected chi connectivity index (χ4v) is 4.89. The predicted molar refractivity (Wildman–Crippen MR) is 120 cm³/mol. The predicted octanol–water partition coefficient (Wildman–Crippen LogP) is 5.27. The van der Waals surface area contributed by atoms with Gasteiger partial charge in [-0.3, -0.25) is 0 Å². The van der Waals surface area contributed by atoms with E-state index in [2.05, 4.69) is 72.0 Å². The van der Waals surface area contributed by atoms with Gasteiger partial charge in [-0.05, 0) is 59.5 Å². The van der Waals surface area contributed by atoms with Crippen LogP contribution in [0.1, 0.15) is 28.2 Å². The van der Waals surface area contributed by atoms with Crippen molar-refractivity contribution in [3.8, 4) is 11.5 Å².